The highest BCUT2D eigenvalue weighted by Crippen LogP contribution is 2.21. The van der Waals surface area contributed by atoms with Gasteiger partial charge in [0.1, 0.15) is 0 Å². The fraction of sp³-hybridized carbons (Fsp3) is 0.263. The van der Waals surface area contributed by atoms with Crippen LogP contribution in [0, 0.1) is 18.3 Å². The molecule has 106 valence electrons. The average Bonchev–Trinajstić information content (AvgIpc) is 2.46. The lowest BCUT2D eigenvalue weighted by Gasteiger charge is -2.10. The molecule has 20 heavy (non-hydrogen) atoms. The fourth-order valence-electron chi connectivity index (χ4n) is 1.61. The van der Waals surface area contributed by atoms with Crippen LogP contribution in [0.1, 0.15) is 20.3 Å². The van der Waals surface area contributed by atoms with Crippen molar-refractivity contribution in [2.75, 3.05) is 7.05 Å². The van der Waals surface area contributed by atoms with E-state index in [-0.39, 0.29) is 5.92 Å². The van der Waals surface area contributed by atoms with E-state index in [1.54, 1.807) is 6.08 Å². The molecule has 0 fully saturated rings. The normalized spacial score (nSPS) is 14.8. The molecule has 0 aliphatic heterocycles. The molecule has 1 nitrogen and oxygen atoms in total. The van der Waals surface area contributed by atoms with Gasteiger partial charge in [-0.1, -0.05) is 50.5 Å². The van der Waals surface area contributed by atoms with Crippen LogP contribution < -0.4 is 5.32 Å². The third kappa shape index (κ3) is 7.28. The van der Waals surface area contributed by atoms with Gasteiger partial charge in [-0.2, -0.15) is 0 Å². The second-order valence-corrected chi connectivity index (χ2v) is 4.56. The van der Waals surface area contributed by atoms with Crippen molar-refractivity contribution in [1.29, 1.82) is 0 Å². The van der Waals surface area contributed by atoms with Gasteiger partial charge in [-0.15, -0.1) is 12.3 Å². The predicted molar refractivity (Wildman–Crippen MR) is 91.1 cm³/mol. The molecule has 0 aromatic heterocycles. The molecule has 0 saturated heterocycles. The predicted octanol–water partition coefficient (Wildman–Crippen LogP) is 4.55. The van der Waals surface area contributed by atoms with Crippen LogP contribution in [-0.4, -0.2) is 7.05 Å². The Hall–Kier alpha value is -2.20. The zero-order valence-electron chi connectivity index (χ0n) is 12.8. The number of nitrogens with one attached hydrogen (secondary N) is 1. The smallest absolute Gasteiger partial charge is 0.0212 e. The van der Waals surface area contributed by atoms with Gasteiger partial charge >= 0.3 is 0 Å². The van der Waals surface area contributed by atoms with Gasteiger partial charge in [0.15, 0.2) is 0 Å². The zero-order valence-corrected chi connectivity index (χ0v) is 12.8. The Morgan fingerprint density at radius 2 is 2.00 bits per heavy atom. The first-order valence-corrected chi connectivity index (χ1v) is 6.72. The summed E-state index contributed by atoms with van der Waals surface area (Å²) in [5, 5.41) is 2.97. The maximum Gasteiger partial charge on any atom is 0.0212 e. The molecule has 0 aromatic carbocycles. The van der Waals surface area contributed by atoms with Gasteiger partial charge in [-0.3, -0.25) is 0 Å². The van der Waals surface area contributed by atoms with E-state index in [9.17, 15) is 0 Å². The van der Waals surface area contributed by atoms with Crippen molar-refractivity contribution >= 4 is 0 Å². The van der Waals surface area contributed by atoms with Crippen LogP contribution in [0.25, 0.3) is 0 Å². The molecule has 0 radical (unpaired) electrons. The van der Waals surface area contributed by atoms with Crippen molar-refractivity contribution in [3.05, 3.63) is 72.5 Å². The Bertz CT molecular complexity index is 478. The minimum absolute atomic E-state index is 0.191. The average molecular weight is 267 g/mol. The highest BCUT2D eigenvalue weighted by molar-refractivity contribution is 5.44. The van der Waals surface area contributed by atoms with Crippen LogP contribution in [-0.2, 0) is 0 Å². The largest absolute Gasteiger partial charge is 0.394 e. The Morgan fingerprint density at radius 3 is 2.50 bits per heavy atom. The molecule has 1 atom stereocenters. The first-order chi connectivity index (χ1) is 9.58. The molecule has 0 aliphatic carbocycles. The molecule has 0 bridgehead atoms. The van der Waals surface area contributed by atoms with E-state index in [1.165, 1.54) is 5.57 Å². The summed E-state index contributed by atoms with van der Waals surface area (Å²) in [5.74, 6) is 2.96. The monoisotopic (exact) mass is 267 g/mol. The summed E-state index contributed by atoms with van der Waals surface area (Å²) in [7, 11) is 1.88. The van der Waals surface area contributed by atoms with Crippen molar-refractivity contribution < 1.29 is 0 Å². The van der Waals surface area contributed by atoms with E-state index in [4.69, 9.17) is 6.42 Å². The lowest BCUT2D eigenvalue weighted by Crippen LogP contribution is -1.96. The number of rotatable bonds is 8. The first-order valence-electron chi connectivity index (χ1n) is 6.72. The van der Waals surface area contributed by atoms with Crippen molar-refractivity contribution in [2.45, 2.75) is 20.3 Å². The van der Waals surface area contributed by atoms with Gasteiger partial charge in [0.2, 0.25) is 0 Å². The second-order valence-electron chi connectivity index (χ2n) is 4.56. The maximum atomic E-state index is 5.48. The molecular formula is C19H25N. The van der Waals surface area contributed by atoms with E-state index >= 15 is 0 Å². The van der Waals surface area contributed by atoms with Gasteiger partial charge in [0, 0.05) is 13.0 Å². The lowest BCUT2D eigenvalue weighted by atomic mass is 9.94. The molecule has 0 rings (SSSR count). The highest BCUT2D eigenvalue weighted by atomic mass is 14.8. The van der Waals surface area contributed by atoms with E-state index in [1.807, 2.05) is 38.4 Å². The van der Waals surface area contributed by atoms with Gasteiger partial charge in [0.25, 0.3) is 0 Å². The maximum absolute atomic E-state index is 5.48. The Labute approximate surface area is 124 Å². The van der Waals surface area contributed by atoms with Crippen molar-refractivity contribution in [2.24, 2.45) is 5.92 Å². The molecule has 0 spiro atoms. The number of hydrogen-bond donors (Lipinski definition) is 1. The van der Waals surface area contributed by atoms with Crippen LogP contribution >= 0.6 is 0 Å². The topological polar surface area (TPSA) is 12.0 Å². The van der Waals surface area contributed by atoms with Crippen molar-refractivity contribution in [3.8, 4) is 12.3 Å². The SMILES string of the molecule is C#CC(C)CC(=C\C=C(C)/C=C/NC)/C(C=C)=C\C=C. The summed E-state index contributed by atoms with van der Waals surface area (Å²) in [5.41, 5.74) is 3.39. The minimum Gasteiger partial charge on any atom is -0.394 e. The second kappa shape index (κ2) is 10.7. The summed E-state index contributed by atoms with van der Waals surface area (Å²) < 4.78 is 0. The number of allylic oxidation sites excluding steroid dienone is 9. The van der Waals surface area contributed by atoms with Crippen LogP contribution in [0.2, 0.25) is 0 Å². The Morgan fingerprint density at radius 1 is 1.30 bits per heavy atom. The molecular weight excluding hydrogens is 242 g/mol. The fourth-order valence-corrected chi connectivity index (χ4v) is 1.61. The van der Waals surface area contributed by atoms with Crippen molar-refractivity contribution in [1.82, 2.24) is 5.32 Å². The molecule has 1 unspecified atom stereocenters. The molecule has 1 N–H and O–H groups in total. The van der Waals surface area contributed by atoms with E-state index in [0.717, 1.165) is 17.6 Å². The number of hydrogen-bond acceptors (Lipinski definition) is 1. The molecule has 0 amide bonds. The molecule has 0 heterocycles. The Kier molecular flexibility index (Phi) is 9.52. The van der Waals surface area contributed by atoms with Crippen LogP contribution in [0.15, 0.2) is 72.5 Å². The summed E-state index contributed by atoms with van der Waals surface area (Å²) in [4.78, 5) is 0. The van der Waals surface area contributed by atoms with Crippen LogP contribution in [0.3, 0.4) is 0 Å². The van der Waals surface area contributed by atoms with Gasteiger partial charge in [-0.05, 0) is 42.3 Å². The summed E-state index contributed by atoms with van der Waals surface area (Å²) in [6.07, 6.45) is 19.9. The van der Waals surface area contributed by atoms with E-state index < -0.39 is 0 Å². The minimum atomic E-state index is 0.191. The molecule has 0 saturated carbocycles. The Balaban J connectivity index is 5.36. The summed E-state index contributed by atoms with van der Waals surface area (Å²) in [6, 6.07) is 0. The van der Waals surface area contributed by atoms with Crippen LogP contribution in [0.4, 0.5) is 0 Å². The van der Waals surface area contributed by atoms with Crippen molar-refractivity contribution in [3.63, 3.8) is 0 Å². The van der Waals surface area contributed by atoms with E-state index in [2.05, 4.69) is 43.5 Å². The summed E-state index contributed by atoms with van der Waals surface area (Å²) in [6.45, 7) is 11.7. The van der Waals surface area contributed by atoms with Crippen LogP contribution in [0.5, 0.6) is 0 Å². The van der Waals surface area contributed by atoms with Gasteiger partial charge < -0.3 is 5.32 Å². The third-order valence-electron chi connectivity index (χ3n) is 2.76. The first kappa shape index (κ1) is 17.8. The number of terminal acetylenes is 1. The third-order valence-corrected chi connectivity index (χ3v) is 2.76. The quantitative estimate of drug-likeness (QED) is 0.502. The van der Waals surface area contributed by atoms with Gasteiger partial charge in [-0.25, -0.2) is 0 Å². The summed E-state index contributed by atoms with van der Waals surface area (Å²) >= 11 is 0. The van der Waals surface area contributed by atoms with Gasteiger partial charge in [0.05, 0.1) is 0 Å². The molecule has 0 aliphatic rings. The zero-order chi connectivity index (χ0) is 15.4. The lowest BCUT2D eigenvalue weighted by molar-refractivity contribution is 0.750. The standard InChI is InChI=1S/C19H25N/c1-7-10-18(9-3)19(15-16(4)8-2)12-11-17(5)13-14-20-6/h2,7,9-14,16,20H,1,3,15H2,4-6H3/b14-13+,17-11-,18-10-,19-12+. The molecule has 1 heteroatoms. The molecule has 0 aromatic rings. The highest BCUT2D eigenvalue weighted by Gasteiger charge is 2.05. The van der Waals surface area contributed by atoms with E-state index in [0.29, 0.717) is 0 Å².